The summed E-state index contributed by atoms with van der Waals surface area (Å²) >= 11 is 1.55. The molecule has 0 aliphatic rings. The summed E-state index contributed by atoms with van der Waals surface area (Å²) in [7, 11) is 0. The number of hydrogen-bond acceptors (Lipinski definition) is 5. The molecule has 90 valence electrons. The Morgan fingerprint density at radius 2 is 2.29 bits per heavy atom. The van der Waals surface area contributed by atoms with Crippen molar-refractivity contribution in [3.05, 3.63) is 29.8 Å². The normalized spacial score (nSPS) is 10.7. The average molecular weight is 250 g/mol. The smallest absolute Gasteiger partial charge is 0.214 e. The fourth-order valence-electron chi connectivity index (χ4n) is 1.42. The molecule has 1 aromatic heterocycles. The van der Waals surface area contributed by atoms with Gasteiger partial charge in [-0.15, -0.1) is 5.10 Å². The fraction of sp³-hybridized carbons (Fsp3) is 0.364. The molecule has 1 heterocycles. The van der Waals surface area contributed by atoms with Crippen LogP contribution in [0.4, 0.5) is 0 Å². The predicted octanol–water partition coefficient (Wildman–Crippen LogP) is 1.45. The summed E-state index contributed by atoms with van der Waals surface area (Å²) < 4.78 is 1.72. The summed E-state index contributed by atoms with van der Waals surface area (Å²) in [6, 6.07) is 8.02. The lowest BCUT2D eigenvalue weighted by Gasteiger charge is -2.04. The zero-order valence-corrected chi connectivity index (χ0v) is 10.4. The number of hydrogen-bond donors (Lipinski definition) is 1. The van der Waals surface area contributed by atoms with E-state index >= 15 is 0 Å². The number of aryl methyl sites for hydroxylation is 1. The van der Waals surface area contributed by atoms with Gasteiger partial charge in [-0.25, -0.2) is 0 Å². The highest BCUT2D eigenvalue weighted by molar-refractivity contribution is 7.99. The maximum absolute atomic E-state index is 8.75. The highest BCUT2D eigenvalue weighted by Gasteiger charge is 2.08. The molecule has 6 heteroatoms. The van der Waals surface area contributed by atoms with Gasteiger partial charge in [-0.05, 0) is 41.5 Å². The van der Waals surface area contributed by atoms with Crippen molar-refractivity contribution >= 4 is 11.8 Å². The Balaban J connectivity index is 2.18. The number of aliphatic hydroxyl groups is 1. The second-order valence-electron chi connectivity index (χ2n) is 3.64. The largest absolute Gasteiger partial charge is 0.396 e. The first-order valence-electron chi connectivity index (χ1n) is 5.40. The Hall–Kier alpha value is -1.40. The first-order valence-corrected chi connectivity index (χ1v) is 6.39. The minimum atomic E-state index is 0.193. The number of thioether (sulfide) groups is 1. The zero-order valence-electron chi connectivity index (χ0n) is 9.58. The van der Waals surface area contributed by atoms with E-state index in [0.29, 0.717) is 0 Å². The number of rotatable bonds is 5. The molecule has 0 radical (unpaired) electrons. The van der Waals surface area contributed by atoms with E-state index in [1.54, 1.807) is 16.4 Å². The Kier molecular flexibility index (Phi) is 4.11. The van der Waals surface area contributed by atoms with Crippen LogP contribution in [0.1, 0.15) is 12.0 Å². The van der Waals surface area contributed by atoms with Crippen LogP contribution in [0.2, 0.25) is 0 Å². The third-order valence-corrected chi connectivity index (χ3v) is 3.23. The van der Waals surface area contributed by atoms with Crippen molar-refractivity contribution in [1.82, 2.24) is 20.2 Å². The van der Waals surface area contributed by atoms with E-state index in [1.807, 2.05) is 31.2 Å². The number of aromatic nitrogens is 4. The minimum absolute atomic E-state index is 0.193. The molecule has 2 rings (SSSR count). The molecule has 0 spiro atoms. The number of nitrogens with zero attached hydrogens (tertiary/aromatic N) is 4. The zero-order chi connectivity index (χ0) is 12.1. The second kappa shape index (κ2) is 5.79. The van der Waals surface area contributed by atoms with Crippen LogP contribution in [0.15, 0.2) is 29.4 Å². The van der Waals surface area contributed by atoms with Crippen molar-refractivity contribution in [1.29, 1.82) is 0 Å². The molecule has 0 bridgehead atoms. The summed E-state index contributed by atoms with van der Waals surface area (Å²) in [6.07, 6.45) is 0.741. The molecule has 0 saturated heterocycles. The molecule has 5 nitrogen and oxygen atoms in total. The Morgan fingerprint density at radius 3 is 3.06 bits per heavy atom. The first kappa shape index (κ1) is 12.1. The van der Waals surface area contributed by atoms with Crippen LogP contribution in [0.25, 0.3) is 5.69 Å². The quantitative estimate of drug-likeness (QED) is 0.642. The van der Waals surface area contributed by atoms with Gasteiger partial charge in [0.2, 0.25) is 5.16 Å². The van der Waals surface area contributed by atoms with E-state index < -0.39 is 0 Å². The van der Waals surface area contributed by atoms with Crippen molar-refractivity contribution in [3.8, 4) is 5.69 Å². The van der Waals surface area contributed by atoms with Crippen molar-refractivity contribution in [2.75, 3.05) is 12.4 Å². The SMILES string of the molecule is Cc1cccc(-n2nnnc2SCCCO)c1. The van der Waals surface area contributed by atoms with Gasteiger partial charge in [-0.2, -0.15) is 4.68 Å². The summed E-state index contributed by atoms with van der Waals surface area (Å²) in [4.78, 5) is 0. The van der Waals surface area contributed by atoms with Crippen LogP contribution >= 0.6 is 11.8 Å². The second-order valence-corrected chi connectivity index (χ2v) is 4.70. The van der Waals surface area contributed by atoms with E-state index in [4.69, 9.17) is 5.11 Å². The predicted molar refractivity (Wildman–Crippen MR) is 66.3 cm³/mol. The molecule has 0 amide bonds. The van der Waals surface area contributed by atoms with Gasteiger partial charge in [0.1, 0.15) is 0 Å². The molecule has 0 unspecified atom stereocenters. The lowest BCUT2D eigenvalue weighted by molar-refractivity contribution is 0.296. The van der Waals surface area contributed by atoms with Gasteiger partial charge >= 0.3 is 0 Å². The molecule has 1 aromatic carbocycles. The Morgan fingerprint density at radius 1 is 1.41 bits per heavy atom. The van der Waals surface area contributed by atoms with Crippen LogP contribution in [-0.2, 0) is 0 Å². The maximum atomic E-state index is 8.75. The van der Waals surface area contributed by atoms with Gasteiger partial charge in [-0.3, -0.25) is 0 Å². The van der Waals surface area contributed by atoms with Gasteiger partial charge in [0.25, 0.3) is 0 Å². The molecule has 0 atom stereocenters. The number of aliphatic hydroxyl groups excluding tert-OH is 1. The van der Waals surface area contributed by atoms with Crippen molar-refractivity contribution < 1.29 is 5.11 Å². The third kappa shape index (κ3) is 3.04. The monoisotopic (exact) mass is 250 g/mol. The first-order chi connectivity index (χ1) is 8.31. The van der Waals surface area contributed by atoms with Crippen molar-refractivity contribution in [2.24, 2.45) is 0 Å². The average Bonchev–Trinajstić information content (AvgIpc) is 2.78. The van der Waals surface area contributed by atoms with Crippen molar-refractivity contribution in [3.63, 3.8) is 0 Å². The Bertz CT molecular complexity index is 486. The van der Waals surface area contributed by atoms with Crippen LogP contribution in [0.5, 0.6) is 0 Å². The molecule has 0 saturated carbocycles. The molecular weight excluding hydrogens is 236 g/mol. The summed E-state index contributed by atoms with van der Waals surface area (Å²) in [5, 5.41) is 21.1. The maximum Gasteiger partial charge on any atom is 0.214 e. The van der Waals surface area contributed by atoms with E-state index in [-0.39, 0.29) is 6.61 Å². The molecular formula is C11H14N4OS. The van der Waals surface area contributed by atoms with E-state index in [1.165, 1.54) is 5.56 Å². The topological polar surface area (TPSA) is 63.8 Å². The van der Waals surface area contributed by atoms with Crippen molar-refractivity contribution in [2.45, 2.75) is 18.5 Å². The van der Waals surface area contributed by atoms with Gasteiger partial charge in [0, 0.05) is 12.4 Å². The molecule has 2 aromatic rings. The number of benzene rings is 1. The molecule has 1 N–H and O–H groups in total. The van der Waals surface area contributed by atoms with Gasteiger partial charge in [0.15, 0.2) is 0 Å². The molecule has 0 aliphatic carbocycles. The van der Waals surface area contributed by atoms with Gasteiger partial charge in [-0.1, -0.05) is 23.9 Å². The van der Waals surface area contributed by atoms with Gasteiger partial charge < -0.3 is 5.11 Å². The summed E-state index contributed by atoms with van der Waals surface area (Å²) in [6.45, 7) is 2.23. The molecule has 0 aliphatic heterocycles. The number of tetrazole rings is 1. The lowest BCUT2D eigenvalue weighted by Crippen LogP contribution is -2.00. The Labute approximate surface area is 104 Å². The van der Waals surface area contributed by atoms with Gasteiger partial charge in [0.05, 0.1) is 5.69 Å². The van der Waals surface area contributed by atoms with E-state index in [9.17, 15) is 0 Å². The van der Waals surface area contributed by atoms with Crippen LogP contribution in [-0.4, -0.2) is 37.7 Å². The minimum Gasteiger partial charge on any atom is -0.396 e. The molecule has 17 heavy (non-hydrogen) atoms. The fourth-order valence-corrected chi connectivity index (χ4v) is 2.23. The highest BCUT2D eigenvalue weighted by Crippen LogP contribution is 2.19. The standard InChI is InChI=1S/C11H14N4OS/c1-9-4-2-5-10(8-9)15-11(12-13-14-15)17-7-3-6-16/h2,4-5,8,16H,3,6-7H2,1H3. The van der Waals surface area contributed by atoms with E-state index in [2.05, 4.69) is 15.5 Å². The highest BCUT2D eigenvalue weighted by atomic mass is 32.2. The van der Waals surface area contributed by atoms with Crippen LogP contribution in [0.3, 0.4) is 0 Å². The lowest BCUT2D eigenvalue weighted by atomic mass is 10.2. The summed E-state index contributed by atoms with van der Waals surface area (Å²) in [5.41, 5.74) is 2.13. The van der Waals surface area contributed by atoms with Crippen LogP contribution < -0.4 is 0 Å². The van der Waals surface area contributed by atoms with E-state index in [0.717, 1.165) is 23.0 Å². The van der Waals surface area contributed by atoms with Crippen LogP contribution in [0, 0.1) is 6.92 Å². The molecule has 0 fully saturated rings. The summed E-state index contributed by atoms with van der Waals surface area (Å²) in [5.74, 6) is 0.808. The third-order valence-electron chi connectivity index (χ3n) is 2.22.